The second-order valence-corrected chi connectivity index (χ2v) is 4.87. The Morgan fingerprint density at radius 2 is 1.78 bits per heavy atom. The predicted molar refractivity (Wildman–Crippen MR) is 69.1 cm³/mol. The van der Waals surface area contributed by atoms with Gasteiger partial charge in [-0.15, -0.1) is 0 Å². The average Bonchev–Trinajstić information content (AvgIpc) is 2.31. The molecule has 1 N–H and O–H groups in total. The first-order valence-corrected chi connectivity index (χ1v) is 6.35. The number of esters is 1. The number of carbonyl (C=O) groups excluding carboxylic acids is 2. The zero-order valence-corrected chi connectivity index (χ0v) is 12.0. The molecular formula is C13H25NO4. The van der Waals surface area contributed by atoms with E-state index in [0.29, 0.717) is 12.5 Å². The first-order chi connectivity index (χ1) is 8.38. The summed E-state index contributed by atoms with van der Waals surface area (Å²) in [5, 5.41) is 2.63. The van der Waals surface area contributed by atoms with Crippen LogP contribution in [-0.4, -0.2) is 38.2 Å². The summed E-state index contributed by atoms with van der Waals surface area (Å²) in [4.78, 5) is 22.9. The van der Waals surface area contributed by atoms with Crippen molar-refractivity contribution >= 4 is 11.9 Å². The van der Waals surface area contributed by atoms with Crippen molar-refractivity contribution in [2.24, 2.45) is 11.8 Å². The number of hydrogen-bond donors (Lipinski definition) is 1. The normalized spacial score (nSPS) is 14.1. The van der Waals surface area contributed by atoms with Crippen molar-refractivity contribution in [3.05, 3.63) is 0 Å². The van der Waals surface area contributed by atoms with Crippen molar-refractivity contribution in [1.29, 1.82) is 0 Å². The number of nitrogens with one attached hydrogen (secondary N) is 1. The van der Waals surface area contributed by atoms with E-state index >= 15 is 0 Å². The lowest BCUT2D eigenvalue weighted by Gasteiger charge is -2.14. The van der Waals surface area contributed by atoms with Gasteiger partial charge in [-0.2, -0.15) is 0 Å². The molecule has 0 aliphatic rings. The highest BCUT2D eigenvalue weighted by atomic mass is 16.5. The molecule has 0 spiro atoms. The van der Waals surface area contributed by atoms with E-state index in [2.05, 4.69) is 19.2 Å². The van der Waals surface area contributed by atoms with Crippen LogP contribution in [0.3, 0.4) is 0 Å². The molecule has 5 heteroatoms. The summed E-state index contributed by atoms with van der Waals surface area (Å²) >= 11 is 0. The number of carbonyl (C=O) groups is 2. The highest BCUT2D eigenvalue weighted by Gasteiger charge is 2.16. The molecule has 0 rings (SSSR count). The molecule has 1 amide bonds. The fraction of sp³-hybridized carbons (Fsp3) is 0.846. The minimum absolute atomic E-state index is 0.0985. The Morgan fingerprint density at radius 1 is 1.17 bits per heavy atom. The van der Waals surface area contributed by atoms with Gasteiger partial charge in [0.05, 0.1) is 12.5 Å². The Balaban J connectivity index is 3.72. The van der Waals surface area contributed by atoms with Crippen LogP contribution in [0.15, 0.2) is 0 Å². The van der Waals surface area contributed by atoms with Crippen LogP contribution in [0.2, 0.25) is 0 Å². The maximum Gasteiger partial charge on any atom is 0.308 e. The molecule has 106 valence electrons. The van der Waals surface area contributed by atoms with Gasteiger partial charge in [0.2, 0.25) is 5.91 Å². The zero-order chi connectivity index (χ0) is 14.1. The lowest BCUT2D eigenvalue weighted by molar-refractivity contribution is -0.148. The maximum atomic E-state index is 11.6. The summed E-state index contributed by atoms with van der Waals surface area (Å²) in [5.74, 6) is -0.0464. The Morgan fingerprint density at radius 3 is 2.28 bits per heavy atom. The van der Waals surface area contributed by atoms with E-state index in [0.717, 1.165) is 6.42 Å². The first kappa shape index (κ1) is 16.9. The van der Waals surface area contributed by atoms with Gasteiger partial charge in [-0.05, 0) is 19.3 Å². The summed E-state index contributed by atoms with van der Waals surface area (Å²) in [7, 11) is 1.47. The van der Waals surface area contributed by atoms with Gasteiger partial charge in [-0.3, -0.25) is 9.59 Å². The summed E-state index contributed by atoms with van der Waals surface area (Å²) in [6.07, 6.45) is 0.326. The molecule has 0 aromatic carbocycles. The summed E-state index contributed by atoms with van der Waals surface area (Å²) in [6, 6.07) is 0. The molecular weight excluding hydrogens is 234 g/mol. The van der Waals surface area contributed by atoms with E-state index < -0.39 is 6.10 Å². The Hall–Kier alpha value is -1.10. The fourth-order valence-corrected chi connectivity index (χ4v) is 1.52. The van der Waals surface area contributed by atoms with E-state index in [1.54, 1.807) is 6.92 Å². The van der Waals surface area contributed by atoms with Gasteiger partial charge in [0.25, 0.3) is 0 Å². The molecule has 0 aromatic heterocycles. The molecule has 0 saturated heterocycles. The number of ether oxygens (including phenoxy) is 2. The van der Waals surface area contributed by atoms with Crippen molar-refractivity contribution in [2.45, 2.75) is 40.2 Å². The Labute approximate surface area is 109 Å². The molecule has 18 heavy (non-hydrogen) atoms. The lowest BCUT2D eigenvalue weighted by atomic mass is 9.99. The van der Waals surface area contributed by atoms with Crippen LogP contribution in [0.25, 0.3) is 0 Å². The summed E-state index contributed by atoms with van der Waals surface area (Å²) < 4.78 is 9.93. The SMILES string of the molecule is COC(C)C(=O)NCCOC(=O)C(C)CC(C)C. The van der Waals surface area contributed by atoms with Gasteiger partial charge in [0, 0.05) is 7.11 Å². The van der Waals surface area contributed by atoms with E-state index in [4.69, 9.17) is 9.47 Å². The smallest absolute Gasteiger partial charge is 0.308 e. The average molecular weight is 259 g/mol. The number of hydrogen-bond acceptors (Lipinski definition) is 4. The van der Waals surface area contributed by atoms with Crippen LogP contribution < -0.4 is 5.32 Å². The van der Waals surface area contributed by atoms with Gasteiger partial charge < -0.3 is 14.8 Å². The molecule has 5 nitrogen and oxygen atoms in total. The van der Waals surface area contributed by atoms with E-state index in [1.807, 2.05) is 6.92 Å². The van der Waals surface area contributed by atoms with Crippen LogP contribution >= 0.6 is 0 Å². The summed E-state index contributed by atoms with van der Waals surface area (Å²) in [5.41, 5.74) is 0. The second-order valence-electron chi connectivity index (χ2n) is 4.87. The third-order valence-electron chi connectivity index (χ3n) is 2.60. The molecule has 0 aliphatic carbocycles. The highest BCUT2D eigenvalue weighted by Crippen LogP contribution is 2.12. The third-order valence-corrected chi connectivity index (χ3v) is 2.60. The van der Waals surface area contributed by atoms with Crippen molar-refractivity contribution < 1.29 is 19.1 Å². The van der Waals surface area contributed by atoms with E-state index in [1.165, 1.54) is 7.11 Å². The maximum absolute atomic E-state index is 11.6. The lowest BCUT2D eigenvalue weighted by Crippen LogP contribution is -2.36. The van der Waals surface area contributed by atoms with Crippen LogP contribution in [0.1, 0.15) is 34.1 Å². The number of rotatable bonds is 8. The third kappa shape index (κ3) is 7.27. The van der Waals surface area contributed by atoms with Gasteiger partial charge in [0.15, 0.2) is 0 Å². The monoisotopic (exact) mass is 259 g/mol. The van der Waals surface area contributed by atoms with Gasteiger partial charge in [-0.1, -0.05) is 20.8 Å². The van der Waals surface area contributed by atoms with Gasteiger partial charge in [0.1, 0.15) is 12.7 Å². The quantitative estimate of drug-likeness (QED) is 0.528. The summed E-state index contributed by atoms with van der Waals surface area (Å²) in [6.45, 7) is 8.16. The van der Waals surface area contributed by atoms with Crippen molar-refractivity contribution in [3.63, 3.8) is 0 Å². The minimum atomic E-state index is -0.486. The van der Waals surface area contributed by atoms with Gasteiger partial charge >= 0.3 is 5.97 Å². The Bertz CT molecular complexity index is 266. The van der Waals surface area contributed by atoms with Crippen LogP contribution in [0, 0.1) is 11.8 Å². The number of amides is 1. The molecule has 2 atom stereocenters. The zero-order valence-electron chi connectivity index (χ0n) is 12.0. The van der Waals surface area contributed by atoms with Crippen molar-refractivity contribution in [2.75, 3.05) is 20.3 Å². The minimum Gasteiger partial charge on any atom is -0.464 e. The molecule has 0 fully saturated rings. The number of methoxy groups -OCH3 is 1. The molecule has 0 aromatic rings. The van der Waals surface area contributed by atoms with Gasteiger partial charge in [-0.25, -0.2) is 0 Å². The largest absolute Gasteiger partial charge is 0.464 e. The fourth-order valence-electron chi connectivity index (χ4n) is 1.52. The van der Waals surface area contributed by atoms with Crippen LogP contribution in [-0.2, 0) is 19.1 Å². The topological polar surface area (TPSA) is 64.6 Å². The molecule has 0 radical (unpaired) electrons. The van der Waals surface area contributed by atoms with Crippen LogP contribution in [0.5, 0.6) is 0 Å². The van der Waals surface area contributed by atoms with E-state index in [9.17, 15) is 9.59 Å². The molecule has 0 heterocycles. The van der Waals surface area contributed by atoms with E-state index in [-0.39, 0.29) is 24.4 Å². The Kier molecular flexibility index (Phi) is 8.37. The molecule has 0 aliphatic heterocycles. The van der Waals surface area contributed by atoms with Crippen LogP contribution in [0.4, 0.5) is 0 Å². The first-order valence-electron chi connectivity index (χ1n) is 6.35. The molecule has 0 saturated carbocycles. The highest BCUT2D eigenvalue weighted by molar-refractivity contribution is 5.80. The molecule has 2 unspecified atom stereocenters. The second kappa shape index (κ2) is 8.91. The predicted octanol–water partition coefficient (Wildman–Crippen LogP) is 1.36. The van der Waals surface area contributed by atoms with Crippen molar-refractivity contribution in [3.8, 4) is 0 Å². The molecule has 0 bridgehead atoms. The van der Waals surface area contributed by atoms with Crippen molar-refractivity contribution in [1.82, 2.24) is 5.32 Å². The standard InChI is InChI=1S/C13H25NO4/c1-9(2)8-10(3)13(16)18-7-6-14-12(15)11(4)17-5/h9-11H,6-8H2,1-5H3,(H,14,15).